The molecule has 126 valence electrons. The number of rotatable bonds is 4. The van der Waals surface area contributed by atoms with Crippen molar-refractivity contribution in [3.63, 3.8) is 0 Å². The van der Waals surface area contributed by atoms with E-state index in [1.165, 1.54) is 12.1 Å². The monoisotopic (exact) mass is 328 g/mol. The summed E-state index contributed by atoms with van der Waals surface area (Å²) >= 11 is 0. The summed E-state index contributed by atoms with van der Waals surface area (Å²) in [5, 5.41) is 2.75. The van der Waals surface area contributed by atoms with E-state index >= 15 is 0 Å². The van der Waals surface area contributed by atoms with Crippen molar-refractivity contribution in [3.05, 3.63) is 54.1 Å². The maximum absolute atomic E-state index is 13.1. The lowest BCUT2D eigenvalue weighted by atomic mass is 9.97. The molecule has 1 saturated heterocycles. The Labute approximate surface area is 140 Å². The van der Waals surface area contributed by atoms with Crippen molar-refractivity contribution < 1.29 is 9.18 Å². The molecule has 0 aliphatic carbocycles. The fourth-order valence-electron chi connectivity index (χ4n) is 3.30. The fourth-order valence-corrected chi connectivity index (χ4v) is 3.30. The first-order valence-electron chi connectivity index (χ1n) is 8.13. The van der Waals surface area contributed by atoms with Gasteiger partial charge in [-0.25, -0.2) is 14.4 Å². The Morgan fingerprint density at radius 3 is 2.62 bits per heavy atom. The van der Waals surface area contributed by atoms with E-state index < -0.39 is 0 Å². The third-order valence-electron chi connectivity index (χ3n) is 4.64. The zero-order chi connectivity index (χ0) is 17.1. The van der Waals surface area contributed by atoms with Crippen molar-refractivity contribution in [3.8, 4) is 0 Å². The van der Waals surface area contributed by atoms with Crippen molar-refractivity contribution in [2.24, 2.45) is 0 Å². The molecule has 1 fully saturated rings. The number of hydrogen-bond acceptors (Lipinski definition) is 4. The zero-order valence-electron chi connectivity index (χ0n) is 13.8. The molecule has 0 saturated carbocycles. The van der Waals surface area contributed by atoms with Crippen LogP contribution in [0.1, 0.15) is 31.7 Å². The molecule has 1 aliphatic rings. The second-order valence-corrected chi connectivity index (χ2v) is 6.27. The molecule has 0 bridgehead atoms. The summed E-state index contributed by atoms with van der Waals surface area (Å²) in [7, 11) is 0. The van der Waals surface area contributed by atoms with Crippen molar-refractivity contribution >= 4 is 11.9 Å². The summed E-state index contributed by atoms with van der Waals surface area (Å²) in [6.07, 6.45) is 4.14. The smallest absolute Gasteiger partial charge is 0.243 e. The molecule has 24 heavy (non-hydrogen) atoms. The molecular weight excluding hydrogens is 307 g/mol. The van der Waals surface area contributed by atoms with Crippen LogP contribution in [0.4, 0.5) is 10.3 Å². The molecule has 0 unspecified atom stereocenters. The minimum Gasteiger partial charge on any atom is -0.293 e. The van der Waals surface area contributed by atoms with Crippen LogP contribution in [0.15, 0.2) is 42.7 Å². The quantitative estimate of drug-likeness (QED) is 0.938. The van der Waals surface area contributed by atoms with E-state index in [2.05, 4.69) is 27.1 Å². The van der Waals surface area contributed by atoms with Crippen LogP contribution in [0.25, 0.3) is 0 Å². The van der Waals surface area contributed by atoms with Gasteiger partial charge in [0.15, 0.2) is 0 Å². The summed E-state index contributed by atoms with van der Waals surface area (Å²) in [6.45, 7) is 4.78. The lowest BCUT2D eigenvalue weighted by Crippen LogP contribution is -2.44. The number of aromatic nitrogens is 2. The Morgan fingerprint density at radius 1 is 1.29 bits per heavy atom. The topological polar surface area (TPSA) is 58.1 Å². The van der Waals surface area contributed by atoms with Gasteiger partial charge in [-0.15, -0.1) is 0 Å². The van der Waals surface area contributed by atoms with Crippen LogP contribution in [0.3, 0.4) is 0 Å². The van der Waals surface area contributed by atoms with Crippen LogP contribution in [0.2, 0.25) is 0 Å². The van der Waals surface area contributed by atoms with Crippen LogP contribution in [-0.4, -0.2) is 39.4 Å². The average Bonchev–Trinajstić information content (AvgIpc) is 2.97. The maximum atomic E-state index is 13.1. The predicted molar refractivity (Wildman–Crippen MR) is 90.0 cm³/mol. The Kier molecular flexibility index (Phi) is 4.85. The molecule has 1 aliphatic heterocycles. The number of benzene rings is 1. The van der Waals surface area contributed by atoms with Crippen LogP contribution in [0, 0.1) is 5.82 Å². The molecule has 2 aromatic rings. The third kappa shape index (κ3) is 3.59. The van der Waals surface area contributed by atoms with Gasteiger partial charge in [0.25, 0.3) is 0 Å². The van der Waals surface area contributed by atoms with Gasteiger partial charge in [-0.2, -0.15) is 0 Å². The molecule has 3 atom stereocenters. The Morgan fingerprint density at radius 2 is 1.96 bits per heavy atom. The first-order chi connectivity index (χ1) is 11.5. The predicted octanol–water partition coefficient (Wildman–Crippen LogP) is 2.82. The fraction of sp³-hybridized carbons (Fsp3) is 0.389. The molecule has 1 amide bonds. The number of nitrogens with zero attached hydrogens (tertiary/aromatic N) is 3. The zero-order valence-corrected chi connectivity index (χ0v) is 13.8. The van der Waals surface area contributed by atoms with Gasteiger partial charge in [-0.1, -0.05) is 12.1 Å². The van der Waals surface area contributed by atoms with Crippen molar-refractivity contribution in [1.82, 2.24) is 14.9 Å². The van der Waals surface area contributed by atoms with E-state index in [4.69, 9.17) is 0 Å². The van der Waals surface area contributed by atoms with E-state index in [1.54, 1.807) is 18.5 Å². The summed E-state index contributed by atoms with van der Waals surface area (Å²) < 4.78 is 13.1. The van der Waals surface area contributed by atoms with E-state index in [0.29, 0.717) is 11.9 Å². The molecule has 0 spiro atoms. The first-order valence-corrected chi connectivity index (χ1v) is 8.13. The van der Waals surface area contributed by atoms with Gasteiger partial charge in [-0.05, 0) is 49.9 Å². The summed E-state index contributed by atoms with van der Waals surface area (Å²) in [4.78, 5) is 22.7. The Balaban J connectivity index is 1.65. The molecule has 1 aromatic carbocycles. The van der Waals surface area contributed by atoms with Gasteiger partial charge in [0.1, 0.15) is 5.82 Å². The van der Waals surface area contributed by atoms with E-state index in [1.807, 2.05) is 19.1 Å². The van der Waals surface area contributed by atoms with E-state index in [0.717, 1.165) is 18.5 Å². The molecule has 6 heteroatoms. The summed E-state index contributed by atoms with van der Waals surface area (Å²) in [5.41, 5.74) is 1.12. The minimum atomic E-state index is -0.283. The van der Waals surface area contributed by atoms with Gasteiger partial charge in [0, 0.05) is 25.0 Å². The number of nitrogens with one attached hydrogen (secondary N) is 1. The molecule has 0 radical (unpaired) electrons. The van der Waals surface area contributed by atoms with Crippen molar-refractivity contribution in [2.75, 3.05) is 11.9 Å². The number of carbonyl (C=O) groups is 1. The minimum absolute atomic E-state index is 0.118. The van der Waals surface area contributed by atoms with Crippen LogP contribution < -0.4 is 5.32 Å². The largest absolute Gasteiger partial charge is 0.293 e. The first kappa shape index (κ1) is 16.5. The summed E-state index contributed by atoms with van der Waals surface area (Å²) in [5.74, 6) is 0.283. The number of amides is 1. The van der Waals surface area contributed by atoms with Crippen LogP contribution in [-0.2, 0) is 4.79 Å². The number of likely N-dealkylation sites (tertiary alicyclic amines) is 1. The van der Waals surface area contributed by atoms with Gasteiger partial charge in [0.2, 0.25) is 11.9 Å². The molecule has 5 nitrogen and oxygen atoms in total. The number of halogens is 1. The van der Waals surface area contributed by atoms with E-state index in [-0.39, 0.29) is 23.8 Å². The number of anilines is 1. The molecule has 2 heterocycles. The lowest BCUT2D eigenvalue weighted by molar-refractivity contribution is -0.121. The Bertz CT molecular complexity index is 692. The van der Waals surface area contributed by atoms with Crippen molar-refractivity contribution in [1.29, 1.82) is 0 Å². The Hall–Kier alpha value is -2.34. The SMILES string of the molecule is C[C@@H]1C[C@H](c2ccc(F)cc2)CN1[C@@H](C)C(=O)Nc1ncccn1. The highest BCUT2D eigenvalue weighted by Gasteiger charge is 2.35. The highest BCUT2D eigenvalue weighted by Crippen LogP contribution is 2.33. The molecular formula is C18H21FN4O. The highest BCUT2D eigenvalue weighted by atomic mass is 19.1. The standard InChI is InChI=1S/C18H21FN4O/c1-12-10-15(14-4-6-16(19)7-5-14)11-23(12)13(2)17(24)22-18-20-8-3-9-21-18/h3-9,12-13,15H,10-11H2,1-2H3,(H,20,21,22,24)/t12-,13+,15+/m1/s1. The van der Waals surface area contributed by atoms with Gasteiger partial charge >= 0.3 is 0 Å². The van der Waals surface area contributed by atoms with Crippen LogP contribution >= 0.6 is 0 Å². The van der Waals surface area contributed by atoms with Gasteiger partial charge in [0.05, 0.1) is 6.04 Å². The summed E-state index contributed by atoms with van der Waals surface area (Å²) in [6, 6.07) is 8.34. The molecule has 1 aromatic heterocycles. The molecule has 3 rings (SSSR count). The van der Waals surface area contributed by atoms with Crippen LogP contribution in [0.5, 0.6) is 0 Å². The molecule has 1 N–H and O–H groups in total. The van der Waals surface area contributed by atoms with Crippen molar-refractivity contribution in [2.45, 2.75) is 38.3 Å². The highest BCUT2D eigenvalue weighted by molar-refractivity contribution is 5.93. The third-order valence-corrected chi connectivity index (χ3v) is 4.64. The number of hydrogen-bond donors (Lipinski definition) is 1. The lowest BCUT2D eigenvalue weighted by Gasteiger charge is -2.27. The normalized spacial score (nSPS) is 22.3. The second-order valence-electron chi connectivity index (χ2n) is 6.27. The maximum Gasteiger partial charge on any atom is 0.243 e. The second kappa shape index (κ2) is 7.05. The van der Waals surface area contributed by atoms with E-state index in [9.17, 15) is 9.18 Å². The average molecular weight is 328 g/mol. The number of carbonyl (C=O) groups excluding carboxylic acids is 1. The van der Waals surface area contributed by atoms with Gasteiger partial charge < -0.3 is 0 Å². The van der Waals surface area contributed by atoms with Gasteiger partial charge in [-0.3, -0.25) is 15.0 Å².